The van der Waals surface area contributed by atoms with E-state index in [2.05, 4.69) is 9.97 Å². The average Bonchev–Trinajstić information content (AvgIpc) is 2.60. The maximum Gasteiger partial charge on any atom is 0.390 e. The number of halogens is 3. The number of hydrogen-bond acceptors (Lipinski definition) is 5. The van der Waals surface area contributed by atoms with Crippen LogP contribution >= 0.6 is 0 Å². The third-order valence-corrected chi connectivity index (χ3v) is 5.84. The molecular formula is C19H27F3N4O2. The molecule has 3 rings (SSSR count). The summed E-state index contributed by atoms with van der Waals surface area (Å²) in [6.07, 6.45) is -2.30. The lowest BCUT2D eigenvalue weighted by molar-refractivity contribution is -0.156. The number of ether oxygens (including phenoxy) is 1. The molecule has 1 spiro atoms. The second-order valence-electron chi connectivity index (χ2n) is 7.88. The molecule has 2 aliphatic heterocycles. The van der Waals surface area contributed by atoms with Gasteiger partial charge in [-0.15, -0.1) is 0 Å². The quantitative estimate of drug-likeness (QED) is 0.781. The van der Waals surface area contributed by atoms with Crippen molar-refractivity contribution in [1.29, 1.82) is 0 Å². The Balaban J connectivity index is 1.65. The van der Waals surface area contributed by atoms with E-state index in [9.17, 15) is 18.0 Å². The van der Waals surface area contributed by atoms with Gasteiger partial charge in [0.05, 0.1) is 42.1 Å². The van der Waals surface area contributed by atoms with Crippen molar-refractivity contribution in [2.24, 2.45) is 0 Å². The van der Waals surface area contributed by atoms with Crippen molar-refractivity contribution in [3.8, 4) is 0 Å². The fourth-order valence-electron chi connectivity index (χ4n) is 4.22. The molecule has 1 amide bonds. The molecule has 28 heavy (non-hydrogen) atoms. The lowest BCUT2D eigenvalue weighted by Gasteiger charge is -2.48. The molecule has 1 aromatic rings. The Hall–Kier alpha value is -1.74. The first-order valence-corrected chi connectivity index (χ1v) is 9.62. The molecule has 2 saturated heterocycles. The van der Waals surface area contributed by atoms with Crippen molar-refractivity contribution in [2.75, 3.05) is 32.8 Å². The molecule has 9 heteroatoms. The Bertz CT molecular complexity index is 697. The number of carbonyl (C=O) groups is 1. The van der Waals surface area contributed by atoms with Crippen LogP contribution in [0.1, 0.15) is 47.9 Å². The van der Waals surface area contributed by atoms with Gasteiger partial charge in [0.15, 0.2) is 0 Å². The maximum absolute atomic E-state index is 13.1. The van der Waals surface area contributed by atoms with Crippen molar-refractivity contribution in [3.63, 3.8) is 0 Å². The van der Waals surface area contributed by atoms with Gasteiger partial charge in [0.25, 0.3) is 5.91 Å². The van der Waals surface area contributed by atoms with Gasteiger partial charge < -0.3 is 14.5 Å². The van der Waals surface area contributed by atoms with E-state index in [1.807, 2.05) is 4.90 Å². The van der Waals surface area contributed by atoms with Gasteiger partial charge in [-0.1, -0.05) is 0 Å². The summed E-state index contributed by atoms with van der Waals surface area (Å²) in [5, 5.41) is 0. The Morgan fingerprint density at radius 3 is 2.39 bits per heavy atom. The minimum absolute atomic E-state index is 0.105. The van der Waals surface area contributed by atoms with Gasteiger partial charge in [-0.3, -0.25) is 4.79 Å². The second-order valence-corrected chi connectivity index (χ2v) is 7.88. The molecule has 0 aromatic carbocycles. The standard InChI is InChI=1S/C19H27F3N4O2/c1-13(10-19(20,21)22)25-6-4-18(5-7-25)11-26(8-9-28-18)17(27)16-14(2)23-12-24-15(16)3/h12-13H,4-11H2,1-3H3. The van der Waals surface area contributed by atoms with E-state index < -0.39 is 24.2 Å². The third-order valence-electron chi connectivity index (χ3n) is 5.84. The van der Waals surface area contributed by atoms with Crippen LogP contribution in [-0.2, 0) is 4.74 Å². The first kappa shape index (κ1) is 21.0. The first-order chi connectivity index (χ1) is 13.1. The van der Waals surface area contributed by atoms with Crippen LogP contribution in [0.4, 0.5) is 13.2 Å². The number of amides is 1. The summed E-state index contributed by atoms with van der Waals surface area (Å²) in [4.78, 5) is 24.9. The molecule has 1 aromatic heterocycles. The lowest BCUT2D eigenvalue weighted by atomic mass is 9.88. The summed E-state index contributed by atoms with van der Waals surface area (Å²) in [6, 6.07) is -0.551. The number of alkyl halides is 3. The highest BCUT2D eigenvalue weighted by Crippen LogP contribution is 2.33. The fourth-order valence-corrected chi connectivity index (χ4v) is 4.22. The zero-order valence-electron chi connectivity index (χ0n) is 16.6. The van der Waals surface area contributed by atoms with Gasteiger partial charge in [0.2, 0.25) is 0 Å². The van der Waals surface area contributed by atoms with Gasteiger partial charge >= 0.3 is 6.18 Å². The van der Waals surface area contributed by atoms with Crippen LogP contribution in [0.2, 0.25) is 0 Å². The average molecular weight is 400 g/mol. The predicted molar refractivity (Wildman–Crippen MR) is 97.0 cm³/mol. The van der Waals surface area contributed by atoms with Crippen molar-refractivity contribution < 1.29 is 22.7 Å². The normalized spacial score (nSPS) is 21.7. The van der Waals surface area contributed by atoms with Crippen LogP contribution in [0.25, 0.3) is 0 Å². The highest BCUT2D eigenvalue weighted by atomic mass is 19.4. The molecule has 2 aliphatic rings. The lowest BCUT2D eigenvalue weighted by Crippen LogP contribution is -2.59. The summed E-state index contributed by atoms with van der Waals surface area (Å²) >= 11 is 0. The molecule has 0 saturated carbocycles. The Kier molecular flexibility index (Phi) is 5.95. The number of nitrogens with zero attached hydrogens (tertiary/aromatic N) is 4. The van der Waals surface area contributed by atoms with Gasteiger partial charge in [-0.05, 0) is 33.6 Å². The number of aromatic nitrogens is 2. The smallest absolute Gasteiger partial charge is 0.371 e. The number of piperidine rings is 1. The molecule has 2 fully saturated rings. The summed E-state index contributed by atoms with van der Waals surface area (Å²) in [5.41, 5.74) is 1.33. The molecule has 0 radical (unpaired) electrons. The first-order valence-electron chi connectivity index (χ1n) is 9.62. The number of hydrogen-bond donors (Lipinski definition) is 0. The molecule has 3 heterocycles. The molecule has 1 atom stereocenters. The predicted octanol–water partition coefficient (Wildman–Crippen LogP) is 2.74. The number of likely N-dealkylation sites (tertiary alicyclic amines) is 1. The van der Waals surface area contributed by atoms with Crippen LogP contribution in [0, 0.1) is 13.8 Å². The zero-order valence-corrected chi connectivity index (χ0v) is 16.6. The summed E-state index contributed by atoms with van der Waals surface area (Å²) in [5.74, 6) is -0.105. The van der Waals surface area contributed by atoms with Crippen LogP contribution in [0.15, 0.2) is 6.33 Å². The van der Waals surface area contributed by atoms with E-state index in [1.54, 1.807) is 25.7 Å². The van der Waals surface area contributed by atoms with Gasteiger partial charge in [-0.2, -0.15) is 13.2 Å². The molecule has 0 aliphatic carbocycles. The minimum Gasteiger partial charge on any atom is -0.371 e. The van der Waals surface area contributed by atoms with E-state index in [-0.39, 0.29) is 5.91 Å². The van der Waals surface area contributed by atoms with E-state index in [1.165, 1.54) is 6.33 Å². The summed E-state index contributed by atoms with van der Waals surface area (Å²) < 4.78 is 44.0. The number of aryl methyl sites for hydroxylation is 2. The Morgan fingerprint density at radius 1 is 1.21 bits per heavy atom. The van der Waals surface area contributed by atoms with E-state index in [0.29, 0.717) is 62.6 Å². The number of rotatable bonds is 3. The topological polar surface area (TPSA) is 58.6 Å². The number of carbonyl (C=O) groups excluding carboxylic acids is 1. The number of morpholine rings is 1. The molecule has 6 nitrogen and oxygen atoms in total. The van der Waals surface area contributed by atoms with Crippen molar-refractivity contribution in [3.05, 3.63) is 23.3 Å². The third kappa shape index (κ3) is 4.63. The molecule has 0 N–H and O–H groups in total. The van der Waals surface area contributed by atoms with E-state index in [4.69, 9.17) is 4.74 Å². The molecular weight excluding hydrogens is 373 g/mol. The highest BCUT2D eigenvalue weighted by Gasteiger charge is 2.43. The highest BCUT2D eigenvalue weighted by molar-refractivity contribution is 5.96. The van der Waals surface area contributed by atoms with Crippen molar-refractivity contribution in [2.45, 2.75) is 57.9 Å². The van der Waals surface area contributed by atoms with E-state index in [0.717, 1.165) is 0 Å². The molecule has 1 unspecified atom stereocenters. The minimum atomic E-state index is -4.16. The maximum atomic E-state index is 13.1. The molecule has 0 bridgehead atoms. The summed E-state index contributed by atoms with van der Waals surface area (Å²) in [6.45, 7) is 7.62. The largest absolute Gasteiger partial charge is 0.390 e. The van der Waals surface area contributed by atoms with Crippen LogP contribution < -0.4 is 0 Å². The Morgan fingerprint density at radius 2 is 1.82 bits per heavy atom. The van der Waals surface area contributed by atoms with E-state index >= 15 is 0 Å². The second kappa shape index (κ2) is 7.94. The van der Waals surface area contributed by atoms with Crippen LogP contribution in [-0.4, -0.2) is 76.3 Å². The van der Waals surface area contributed by atoms with Crippen LogP contribution in [0.3, 0.4) is 0 Å². The fraction of sp³-hybridized carbons (Fsp3) is 0.737. The van der Waals surface area contributed by atoms with Crippen molar-refractivity contribution >= 4 is 5.91 Å². The SMILES string of the molecule is Cc1ncnc(C)c1C(=O)N1CCOC2(CCN(C(C)CC(F)(F)F)CC2)C1. The molecule has 156 valence electrons. The zero-order chi connectivity index (χ0) is 20.5. The van der Waals surface area contributed by atoms with Gasteiger partial charge in [-0.25, -0.2) is 9.97 Å². The van der Waals surface area contributed by atoms with Crippen molar-refractivity contribution in [1.82, 2.24) is 19.8 Å². The monoisotopic (exact) mass is 400 g/mol. The van der Waals surface area contributed by atoms with Crippen LogP contribution in [0.5, 0.6) is 0 Å². The summed E-state index contributed by atoms with van der Waals surface area (Å²) in [7, 11) is 0. The van der Waals surface area contributed by atoms with Gasteiger partial charge in [0, 0.05) is 25.7 Å². The Labute approximate surface area is 163 Å². The van der Waals surface area contributed by atoms with Gasteiger partial charge in [0.1, 0.15) is 6.33 Å².